The van der Waals surface area contributed by atoms with Crippen LogP contribution in [-0.2, 0) is 9.59 Å². The summed E-state index contributed by atoms with van der Waals surface area (Å²) in [4.78, 5) is 29.9. The second-order valence-corrected chi connectivity index (χ2v) is 11.1. The predicted molar refractivity (Wildman–Crippen MR) is 147 cm³/mol. The average molecular weight is 561 g/mol. The highest BCUT2D eigenvalue weighted by molar-refractivity contribution is 9.10. The van der Waals surface area contributed by atoms with E-state index in [0.29, 0.717) is 22.2 Å². The first kappa shape index (κ1) is 24.9. The number of anilines is 2. The van der Waals surface area contributed by atoms with Crippen molar-refractivity contribution in [1.29, 1.82) is 0 Å². The van der Waals surface area contributed by atoms with Gasteiger partial charge in [0.05, 0.1) is 5.69 Å². The Morgan fingerprint density at radius 1 is 1.26 bits per heavy atom. The fraction of sp³-hybridized carbons (Fsp3) is 0.346. The summed E-state index contributed by atoms with van der Waals surface area (Å²) in [5.74, 6) is -0.701. The van der Waals surface area contributed by atoms with Crippen LogP contribution in [0.3, 0.4) is 0 Å². The van der Waals surface area contributed by atoms with Crippen LogP contribution in [0, 0.1) is 0 Å². The quantitative estimate of drug-likeness (QED) is 0.266. The van der Waals surface area contributed by atoms with Crippen molar-refractivity contribution in [3.63, 3.8) is 0 Å². The van der Waals surface area contributed by atoms with Crippen LogP contribution in [0.2, 0.25) is 5.02 Å². The first-order valence-electron chi connectivity index (χ1n) is 11.3. The highest BCUT2D eigenvalue weighted by Crippen LogP contribution is 2.45. The summed E-state index contributed by atoms with van der Waals surface area (Å²) in [6, 6.07) is 11.2. The summed E-state index contributed by atoms with van der Waals surface area (Å²) < 4.78 is 0.800. The zero-order valence-corrected chi connectivity index (χ0v) is 22.8. The van der Waals surface area contributed by atoms with Crippen molar-refractivity contribution < 1.29 is 9.59 Å². The second-order valence-electron chi connectivity index (χ2n) is 9.44. The molecule has 1 unspecified atom stereocenters. The molecule has 0 aliphatic carbocycles. The number of fused-ring (bicyclic) bond motifs is 1. The molecule has 0 bridgehead atoms. The molecule has 1 atom stereocenters. The van der Waals surface area contributed by atoms with Crippen LogP contribution in [0.15, 0.2) is 46.4 Å². The van der Waals surface area contributed by atoms with Gasteiger partial charge in [0.1, 0.15) is 5.57 Å². The maximum absolute atomic E-state index is 13.4. The monoisotopic (exact) mass is 559 g/mol. The Morgan fingerprint density at radius 3 is 2.68 bits per heavy atom. The third-order valence-corrected chi connectivity index (χ3v) is 7.52. The van der Waals surface area contributed by atoms with Crippen molar-refractivity contribution in [3.05, 3.63) is 62.6 Å². The number of nitrogens with one attached hydrogen (secondary N) is 1. The molecule has 178 valence electrons. The summed E-state index contributed by atoms with van der Waals surface area (Å²) in [6.07, 6.45) is 3.60. The molecule has 0 radical (unpaired) electrons. The minimum atomic E-state index is -0.531. The Balaban J connectivity index is 1.78. The van der Waals surface area contributed by atoms with Crippen molar-refractivity contribution in [3.8, 4) is 0 Å². The highest BCUT2D eigenvalue weighted by Gasteiger charge is 2.37. The number of nitrogens with zero attached hydrogens (tertiary/aromatic N) is 2. The van der Waals surface area contributed by atoms with E-state index in [1.165, 1.54) is 10.5 Å². The number of benzene rings is 2. The number of rotatable bonds is 4. The Labute approximate surface area is 219 Å². The van der Waals surface area contributed by atoms with Gasteiger partial charge in [0.15, 0.2) is 5.11 Å². The van der Waals surface area contributed by atoms with Gasteiger partial charge in [-0.2, -0.15) is 0 Å². The van der Waals surface area contributed by atoms with Gasteiger partial charge >= 0.3 is 0 Å². The highest BCUT2D eigenvalue weighted by atomic mass is 79.9. The van der Waals surface area contributed by atoms with Crippen molar-refractivity contribution in [2.24, 2.45) is 0 Å². The number of carbonyl (C=O) groups excluding carboxylic acids is 2. The third-order valence-electron chi connectivity index (χ3n) is 6.42. The van der Waals surface area contributed by atoms with Gasteiger partial charge in [-0.3, -0.25) is 19.8 Å². The lowest BCUT2D eigenvalue weighted by atomic mass is 9.79. The molecule has 0 spiro atoms. The molecule has 4 rings (SSSR count). The minimum absolute atomic E-state index is 0.00960. The summed E-state index contributed by atoms with van der Waals surface area (Å²) in [6.45, 7) is 9.83. The van der Waals surface area contributed by atoms with Crippen LogP contribution in [0.4, 0.5) is 11.4 Å². The molecule has 2 aromatic rings. The van der Waals surface area contributed by atoms with Gasteiger partial charge in [-0.05, 0) is 92.4 Å². The Morgan fingerprint density at radius 2 is 2.00 bits per heavy atom. The lowest BCUT2D eigenvalue weighted by molar-refractivity contribution is -0.122. The van der Waals surface area contributed by atoms with E-state index in [-0.39, 0.29) is 16.2 Å². The fourth-order valence-corrected chi connectivity index (χ4v) is 5.82. The molecule has 5 nitrogen and oxygen atoms in total. The minimum Gasteiger partial charge on any atom is -0.366 e. The lowest BCUT2D eigenvalue weighted by Gasteiger charge is -2.47. The van der Waals surface area contributed by atoms with Crippen LogP contribution in [0.1, 0.15) is 57.6 Å². The molecule has 1 N–H and O–H groups in total. The number of amides is 2. The molecule has 8 heteroatoms. The molecule has 2 heterocycles. The molecule has 2 aliphatic rings. The molecule has 1 fully saturated rings. The molecule has 1 saturated heterocycles. The fourth-order valence-electron chi connectivity index (χ4n) is 4.94. The predicted octanol–water partition coefficient (Wildman–Crippen LogP) is 6.44. The van der Waals surface area contributed by atoms with Gasteiger partial charge in [-0.15, -0.1) is 0 Å². The molecule has 0 saturated carbocycles. The molecular formula is C26H27BrClN3O2S. The number of hydrogen-bond acceptors (Lipinski definition) is 4. The lowest BCUT2D eigenvalue weighted by Crippen LogP contribution is -2.54. The van der Waals surface area contributed by atoms with Crippen LogP contribution in [0.25, 0.3) is 6.08 Å². The number of carbonyl (C=O) groups is 2. The Bertz CT molecular complexity index is 1230. The van der Waals surface area contributed by atoms with E-state index in [4.69, 9.17) is 23.8 Å². The summed E-state index contributed by atoms with van der Waals surface area (Å²) in [5, 5.41) is 3.18. The molecule has 2 amide bonds. The Kier molecular flexibility index (Phi) is 6.91. The van der Waals surface area contributed by atoms with Gasteiger partial charge in [0.25, 0.3) is 11.8 Å². The van der Waals surface area contributed by atoms with Gasteiger partial charge in [0, 0.05) is 27.3 Å². The Hall–Kier alpha value is -2.22. The van der Waals surface area contributed by atoms with Crippen molar-refractivity contribution in [2.45, 2.75) is 52.0 Å². The maximum Gasteiger partial charge on any atom is 0.270 e. The summed E-state index contributed by atoms with van der Waals surface area (Å²) >= 11 is 15.4. The van der Waals surface area contributed by atoms with Crippen LogP contribution in [0.5, 0.6) is 0 Å². The summed E-state index contributed by atoms with van der Waals surface area (Å²) in [7, 11) is 0. The van der Waals surface area contributed by atoms with E-state index in [0.717, 1.165) is 29.5 Å². The molecule has 34 heavy (non-hydrogen) atoms. The zero-order chi connectivity index (χ0) is 24.8. The van der Waals surface area contributed by atoms with E-state index in [9.17, 15) is 9.59 Å². The van der Waals surface area contributed by atoms with E-state index in [2.05, 4.69) is 53.8 Å². The second kappa shape index (κ2) is 9.44. The van der Waals surface area contributed by atoms with E-state index >= 15 is 0 Å². The number of halogens is 2. The molecule has 2 aromatic carbocycles. The van der Waals surface area contributed by atoms with Crippen molar-refractivity contribution in [1.82, 2.24) is 5.32 Å². The zero-order valence-electron chi connectivity index (χ0n) is 19.6. The van der Waals surface area contributed by atoms with Crippen LogP contribution < -0.4 is 15.1 Å². The SMILES string of the molecule is CCCN1c2cc(Cl)c(/C=C3/C(=O)NC(=S)N(c4cccc(Br)c4)C3=O)cc2C(C)CC1(C)C. The van der Waals surface area contributed by atoms with Gasteiger partial charge in [0.2, 0.25) is 0 Å². The largest absolute Gasteiger partial charge is 0.366 e. The standard InChI is InChI=1S/C26H27BrClN3O2S/c1-5-9-30-22-13-21(28)16(10-19(22)15(2)14-26(30,3)4)11-20-23(32)29-25(34)31(24(20)33)18-8-6-7-17(27)12-18/h6-8,10-13,15H,5,9,14H2,1-4H3,(H,29,32,34)/b20-11-. The molecule has 0 aromatic heterocycles. The topological polar surface area (TPSA) is 52.7 Å². The van der Waals surface area contributed by atoms with Gasteiger partial charge in [-0.25, -0.2) is 0 Å². The van der Waals surface area contributed by atoms with Crippen molar-refractivity contribution in [2.75, 3.05) is 16.3 Å². The maximum atomic E-state index is 13.4. The smallest absolute Gasteiger partial charge is 0.270 e. The normalized spacial score (nSPS) is 21.1. The van der Waals surface area contributed by atoms with Crippen LogP contribution in [-0.4, -0.2) is 29.0 Å². The first-order valence-corrected chi connectivity index (χ1v) is 12.9. The molecule has 2 aliphatic heterocycles. The summed E-state index contributed by atoms with van der Waals surface area (Å²) in [5.41, 5.74) is 3.51. The third kappa shape index (κ3) is 4.53. The van der Waals surface area contributed by atoms with Crippen molar-refractivity contribution >= 4 is 74.1 Å². The first-order chi connectivity index (χ1) is 16.0. The number of thiocarbonyl (C=S) groups is 1. The van der Waals surface area contributed by atoms with Gasteiger partial charge in [-0.1, -0.05) is 47.4 Å². The molecular weight excluding hydrogens is 534 g/mol. The average Bonchev–Trinajstić information content (AvgIpc) is 2.74. The number of hydrogen-bond donors (Lipinski definition) is 1. The van der Waals surface area contributed by atoms with Gasteiger partial charge < -0.3 is 4.90 Å². The van der Waals surface area contributed by atoms with Crippen LogP contribution >= 0.6 is 39.7 Å². The van der Waals surface area contributed by atoms with E-state index in [1.54, 1.807) is 24.3 Å². The van der Waals surface area contributed by atoms with E-state index < -0.39 is 11.8 Å². The van der Waals surface area contributed by atoms with E-state index in [1.807, 2.05) is 18.2 Å².